The van der Waals surface area contributed by atoms with Crippen molar-refractivity contribution < 1.29 is 14.3 Å². The van der Waals surface area contributed by atoms with Crippen LogP contribution < -0.4 is 15.5 Å². The predicted octanol–water partition coefficient (Wildman–Crippen LogP) is 7.09. The number of aromatic amines is 2. The molecule has 4 N–H and O–H groups in total. The molecular weight excluding hydrogens is 770 g/mol. The Bertz CT molecular complexity index is 1970. The number of benzene rings is 2. The van der Waals surface area contributed by atoms with Gasteiger partial charge in [-0.15, -0.1) is 49.6 Å². The molecule has 4 aromatic rings. The van der Waals surface area contributed by atoms with Gasteiger partial charge in [-0.1, -0.05) is 38.0 Å². The van der Waals surface area contributed by atoms with Crippen molar-refractivity contribution in [2.24, 2.45) is 5.92 Å². The number of alkyl carbamates (subject to hydrolysis) is 1. The molecule has 2 unspecified atom stereocenters. The fourth-order valence-corrected chi connectivity index (χ4v) is 6.54. The van der Waals surface area contributed by atoms with E-state index in [4.69, 9.17) is 9.72 Å². The molecule has 2 aromatic heterocycles. The number of likely N-dealkylation sites (tertiary alicyclic amines) is 1. The van der Waals surface area contributed by atoms with Crippen LogP contribution in [0.2, 0.25) is 0 Å². The van der Waals surface area contributed by atoms with E-state index in [0.717, 1.165) is 77.4 Å². The number of carbonyl (C=O) groups excluding carboxylic acids is 2. The molecular formula is C39H48Cl4N8O3. The number of aromatic nitrogens is 4. The van der Waals surface area contributed by atoms with Crippen molar-refractivity contribution in [2.75, 3.05) is 39.2 Å². The number of halogens is 4. The summed E-state index contributed by atoms with van der Waals surface area (Å²) in [5.41, 5.74) is 6.49. The van der Waals surface area contributed by atoms with Gasteiger partial charge >= 0.3 is 6.09 Å². The molecule has 0 spiro atoms. The van der Waals surface area contributed by atoms with Gasteiger partial charge in [0.05, 0.1) is 37.3 Å². The van der Waals surface area contributed by atoms with E-state index in [-0.39, 0.29) is 73.5 Å². The molecule has 3 atom stereocenters. The largest absolute Gasteiger partial charge is 0.453 e. The van der Waals surface area contributed by atoms with E-state index in [1.807, 2.05) is 51.2 Å². The van der Waals surface area contributed by atoms with Gasteiger partial charge in [-0.25, -0.2) is 14.8 Å². The van der Waals surface area contributed by atoms with E-state index in [1.54, 1.807) is 6.20 Å². The molecule has 0 radical (unpaired) electrons. The molecule has 2 saturated heterocycles. The topological polar surface area (TPSA) is 131 Å². The number of nitrogens with one attached hydrogen (secondary N) is 4. The summed E-state index contributed by atoms with van der Waals surface area (Å²) in [6.07, 6.45) is 6.79. The second-order valence-corrected chi connectivity index (χ2v) is 13.3. The van der Waals surface area contributed by atoms with E-state index in [1.165, 1.54) is 7.11 Å². The fraction of sp³-hybridized carbons (Fsp3) is 0.385. The summed E-state index contributed by atoms with van der Waals surface area (Å²) < 4.78 is 4.77. The quantitative estimate of drug-likeness (QED) is 0.140. The normalized spacial score (nSPS) is 16.1. The molecule has 2 aromatic carbocycles. The minimum Gasteiger partial charge on any atom is -0.453 e. The molecule has 290 valence electrons. The second-order valence-electron chi connectivity index (χ2n) is 13.3. The number of anilines is 1. The van der Waals surface area contributed by atoms with Crippen LogP contribution in [0.15, 0.2) is 54.9 Å². The Balaban J connectivity index is 0.00000252. The van der Waals surface area contributed by atoms with E-state index < -0.39 is 12.1 Å². The van der Waals surface area contributed by atoms with Gasteiger partial charge in [-0.05, 0) is 91.3 Å². The summed E-state index contributed by atoms with van der Waals surface area (Å²) in [6, 6.07) is 13.9. The van der Waals surface area contributed by atoms with Gasteiger partial charge in [0, 0.05) is 37.5 Å². The van der Waals surface area contributed by atoms with Crippen molar-refractivity contribution in [3.8, 4) is 46.1 Å². The Morgan fingerprint density at radius 2 is 1.61 bits per heavy atom. The minimum atomic E-state index is -0.691. The number of imidazole rings is 2. The van der Waals surface area contributed by atoms with Gasteiger partial charge in [0.25, 0.3) is 0 Å². The second kappa shape index (κ2) is 20.9. The van der Waals surface area contributed by atoms with Gasteiger partial charge in [0.2, 0.25) is 5.91 Å². The van der Waals surface area contributed by atoms with Gasteiger partial charge in [-0.2, -0.15) is 0 Å². The summed E-state index contributed by atoms with van der Waals surface area (Å²) in [5.74, 6) is 13.8. The Morgan fingerprint density at radius 3 is 2.28 bits per heavy atom. The van der Waals surface area contributed by atoms with Crippen molar-refractivity contribution >= 4 is 67.3 Å². The summed E-state index contributed by atoms with van der Waals surface area (Å²) in [6.45, 7) is 5.41. The van der Waals surface area contributed by atoms with Crippen LogP contribution in [0, 0.1) is 29.6 Å². The van der Waals surface area contributed by atoms with E-state index in [2.05, 4.69) is 84.5 Å². The molecule has 4 heterocycles. The van der Waals surface area contributed by atoms with Crippen molar-refractivity contribution in [1.82, 2.24) is 35.5 Å². The molecule has 2 fully saturated rings. The standard InChI is InChI=1S/C39H44N8O3.4ClH/c1-25(2)35(45-39(49)50-5)38(48)47-21-9-13-34(47)37-42-24-33(44-37)28-15-14-26(31(22-28)27-16-18-30(19-17-27)46(3)4)10-6-7-11-29-23-41-36(43-29)32-12-8-20-40-32;;;;/h14-19,22-25,32,34-35,40H,8-9,12-13,20-21H2,1-5H3,(H,41,43)(H,42,44)(H,45,49);4*1H/t32?,34?,35-;;;;/m0..../s1. The third-order valence-corrected chi connectivity index (χ3v) is 9.31. The number of hydrogen-bond donors (Lipinski definition) is 4. The van der Waals surface area contributed by atoms with Gasteiger partial charge in [-0.3, -0.25) is 4.79 Å². The van der Waals surface area contributed by atoms with Crippen molar-refractivity contribution in [3.63, 3.8) is 0 Å². The number of methoxy groups -OCH3 is 1. The average molecular weight is 819 g/mol. The van der Waals surface area contributed by atoms with E-state index >= 15 is 0 Å². The van der Waals surface area contributed by atoms with Crippen LogP contribution in [-0.2, 0) is 9.53 Å². The Hall–Kier alpha value is -4.36. The summed E-state index contributed by atoms with van der Waals surface area (Å²) in [7, 11) is 5.33. The minimum absolute atomic E-state index is 0. The molecule has 2 amide bonds. The maximum atomic E-state index is 13.6. The zero-order valence-electron chi connectivity index (χ0n) is 30.9. The number of ether oxygens (including phenoxy) is 1. The summed E-state index contributed by atoms with van der Waals surface area (Å²) in [5, 5.41) is 6.16. The lowest BCUT2D eigenvalue weighted by Gasteiger charge is -2.30. The molecule has 54 heavy (non-hydrogen) atoms. The zero-order valence-corrected chi connectivity index (χ0v) is 34.2. The van der Waals surface area contributed by atoms with Crippen LogP contribution in [0.5, 0.6) is 0 Å². The van der Waals surface area contributed by atoms with Gasteiger partial charge in [0.15, 0.2) is 0 Å². The Labute approximate surface area is 342 Å². The molecule has 11 nitrogen and oxygen atoms in total. The van der Waals surface area contributed by atoms with Crippen LogP contribution in [0.3, 0.4) is 0 Å². The smallest absolute Gasteiger partial charge is 0.407 e. The first-order valence-corrected chi connectivity index (χ1v) is 17.1. The Morgan fingerprint density at radius 1 is 0.907 bits per heavy atom. The monoisotopic (exact) mass is 816 g/mol. The first-order chi connectivity index (χ1) is 24.2. The maximum absolute atomic E-state index is 13.6. The lowest BCUT2D eigenvalue weighted by Crippen LogP contribution is -2.51. The van der Waals surface area contributed by atoms with Crippen LogP contribution in [0.4, 0.5) is 10.5 Å². The highest BCUT2D eigenvalue weighted by atomic mass is 35.5. The zero-order chi connectivity index (χ0) is 35.2. The van der Waals surface area contributed by atoms with E-state index in [0.29, 0.717) is 12.4 Å². The Kier molecular flexibility index (Phi) is 17.7. The number of rotatable bonds is 8. The average Bonchev–Trinajstić information content (AvgIpc) is 3.95. The molecule has 0 bridgehead atoms. The highest BCUT2D eigenvalue weighted by molar-refractivity contribution is 5.87. The molecule has 6 rings (SSSR count). The lowest BCUT2D eigenvalue weighted by molar-refractivity contribution is -0.135. The van der Waals surface area contributed by atoms with Crippen LogP contribution in [0.25, 0.3) is 22.4 Å². The van der Waals surface area contributed by atoms with Crippen molar-refractivity contribution in [3.05, 3.63) is 77.8 Å². The predicted molar refractivity (Wildman–Crippen MR) is 223 cm³/mol. The highest BCUT2D eigenvalue weighted by Crippen LogP contribution is 2.34. The van der Waals surface area contributed by atoms with E-state index in [9.17, 15) is 9.59 Å². The van der Waals surface area contributed by atoms with Crippen LogP contribution >= 0.6 is 49.6 Å². The summed E-state index contributed by atoms with van der Waals surface area (Å²) in [4.78, 5) is 45.5. The number of carbonyl (C=O) groups is 2. The van der Waals surface area contributed by atoms with Crippen LogP contribution in [0.1, 0.15) is 74.5 Å². The third kappa shape index (κ3) is 10.7. The highest BCUT2D eigenvalue weighted by Gasteiger charge is 2.37. The lowest BCUT2D eigenvalue weighted by atomic mass is 9.96. The molecule has 0 saturated carbocycles. The van der Waals surface area contributed by atoms with Crippen LogP contribution in [-0.4, -0.2) is 77.2 Å². The number of H-pyrrole nitrogens is 2. The SMILES string of the molecule is COC(=O)N[C@H](C(=O)N1CCCC1c1ncc(-c2ccc(C#CC#Cc3cnc(C4CCCN4)[nH]3)c(-c3ccc(N(C)C)cc3)c2)[nH]1)C(C)C.Cl.Cl.Cl.Cl. The third-order valence-electron chi connectivity index (χ3n) is 9.31. The first kappa shape index (κ1) is 45.8. The number of hydrogen-bond acceptors (Lipinski definition) is 7. The summed E-state index contributed by atoms with van der Waals surface area (Å²) >= 11 is 0. The first-order valence-electron chi connectivity index (χ1n) is 17.1. The molecule has 15 heteroatoms. The number of amides is 2. The van der Waals surface area contributed by atoms with Gasteiger partial charge in [0.1, 0.15) is 23.4 Å². The number of nitrogens with zero attached hydrogens (tertiary/aromatic N) is 4. The molecule has 0 aliphatic carbocycles. The van der Waals surface area contributed by atoms with Gasteiger partial charge < -0.3 is 35.1 Å². The maximum Gasteiger partial charge on any atom is 0.407 e. The fourth-order valence-electron chi connectivity index (χ4n) is 6.54. The van der Waals surface area contributed by atoms with Crippen molar-refractivity contribution in [2.45, 2.75) is 57.7 Å². The molecule has 2 aliphatic heterocycles. The molecule has 2 aliphatic rings. The van der Waals surface area contributed by atoms with Crippen molar-refractivity contribution in [1.29, 1.82) is 0 Å².